The van der Waals surface area contributed by atoms with Gasteiger partial charge in [-0.25, -0.2) is 0 Å². The normalized spacial score (nSPS) is 11.7. The van der Waals surface area contributed by atoms with Crippen molar-refractivity contribution < 1.29 is 0 Å². The first kappa shape index (κ1) is 13.0. The fourth-order valence-corrected chi connectivity index (χ4v) is 2.03. The van der Waals surface area contributed by atoms with Gasteiger partial charge in [-0.05, 0) is 38.5 Å². The summed E-state index contributed by atoms with van der Waals surface area (Å²) in [6.07, 6.45) is 3.57. The molecule has 96 valence electrons. The molecule has 0 aliphatic carbocycles. The van der Waals surface area contributed by atoms with E-state index in [1.165, 1.54) is 0 Å². The molecule has 2 heterocycles. The minimum atomic E-state index is 0.0852. The third kappa shape index (κ3) is 2.89. The van der Waals surface area contributed by atoms with E-state index in [-0.39, 0.29) is 6.04 Å². The molecule has 0 amide bonds. The molecular formula is C15H16N4. The van der Waals surface area contributed by atoms with Crippen LogP contribution in [0.4, 0.5) is 5.69 Å². The Bertz CT molecular complexity index is 614. The van der Waals surface area contributed by atoms with Gasteiger partial charge in [0.05, 0.1) is 23.0 Å². The fraction of sp³-hybridized carbons (Fsp3) is 0.267. The third-order valence-corrected chi connectivity index (χ3v) is 3.00. The maximum Gasteiger partial charge on any atom is 0.103 e. The van der Waals surface area contributed by atoms with Crippen LogP contribution >= 0.6 is 0 Å². The van der Waals surface area contributed by atoms with Crippen molar-refractivity contribution >= 4 is 5.69 Å². The number of hydrogen-bond donors (Lipinski definition) is 1. The highest BCUT2D eigenvalue weighted by atomic mass is 14.9. The molecule has 2 rings (SSSR count). The predicted octanol–water partition coefficient (Wildman–Crippen LogP) is 3.14. The van der Waals surface area contributed by atoms with E-state index >= 15 is 0 Å². The number of rotatable bonds is 3. The van der Waals surface area contributed by atoms with E-state index in [1.807, 2.05) is 45.2 Å². The van der Waals surface area contributed by atoms with E-state index in [1.54, 1.807) is 6.20 Å². The Labute approximate surface area is 113 Å². The maximum absolute atomic E-state index is 9.23. The van der Waals surface area contributed by atoms with Crippen molar-refractivity contribution in [2.75, 3.05) is 5.32 Å². The average Bonchev–Trinajstić information content (AvgIpc) is 2.39. The molecule has 0 fully saturated rings. The summed E-state index contributed by atoms with van der Waals surface area (Å²) in [7, 11) is 0. The van der Waals surface area contributed by atoms with Gasteiger partial charge in [0.1, 0.15) is 6.07 Å². The quantitative estimate of drug-likeness (QED) is 0.911. The van der Waals surface area contributed by atoms with Crippen molar-refractivity contribution in [3.05, 3.63) is 53.1 Å². The lowest BCUT2D eigenvalue weighted by atomic mass is 10.1. The molecular weight excluding hydrogens is 236 g/mol. The Kier molecular flexibility index (Phi) is 3.76. The standard InChI is InChI=1S/C15H16N4/c1-10-7-15(14(8-16)12(3)18-10)19-11(2)13-5-4-6-17-9-13/h4-7,9,11H,1-3H3,(H,18,19). The summed E-state index contributed by atoms with van der Waals surface area (Å²) in [6.45, 7) is 5.82. The van der Waals surface area contributed by atoms with Crippen LogP contribution in [-0.2, 0) is 0 Å². The Morgan fingerprint density at radius 3 is 2.79 bits per heavy atom. The highest BCUT2D eigenvalue weighted by molar-refractivity contribution is 5.60. The second-order valence-corrected chi connectivity index (χ2v) is 4.54. The van der Waals surface area contributed by atoms with Crippen LogP contribution in [0.5, 0.6) is 0 Å². The monoisotopic (exact) mass is 252 g/mol. The summed E-state index contributed by atoms with van der Waals surface area (Å²) in [5.74, 6) is 0. The molecule has 4 nitrogen and oxygen atoms in total. The summed E-state index contributed by atoms with van der Waals surface area (Å²) in [6, 6.07) is 8.11. The van der Waals surface area contributed by atoms with Crippen molar-refractivity contribution in [2.45, 2.75) is 26.8 Å². The minimum absolute atomic E-state index is 0.0852. The zero-order chi connectivity index (χ0) is 13.8. The van der Waals surface area contributed by atoms with Crippen LogP contribution in [0.2, 0.25) is 0 Å². The molecule has 0 saturated carbocycles. The number of aryl methyl sites for hydroxylation is 2. The fourth-order valence-electron chi connectivity index (χ4n) is 2.03. The summed E-state index contributed by atoms with van der Waals surface area (Å²) in [5.41, 5.74) is 4.16. The average molecular weight is 252 g/mol. The first-order valence-corrected chi connectivity index (χ1v) is 6.16. The van der Waals surface area contributed by atoms with Crippen molar-refractivity contribution in [2.24, 2.45) is 0 Å². The number of nitrogens with one attached hydrogen (secondary N) is 1. The number of pyridine rings is 2. The van der Waals surface area contributed by atoms with Gasteiger partial charge >= 0.3 is 0 Å². The van der Waals surface area contributed by atoms with Crippen LogP contribution in [0, 0.1) is 25.2 Å². The lowest BCUT2D eigenvalue weighted by molar-refractivity contribution is 0.872. The van der Waals surface area contributed by atoms with E-state index in [0.29, 0.717) is 5.56 Å². The molecule has 0 saturated heterocycles. The van der Waals surface area contributed by atoms with Crippen LogP contribution in [0.1, 0.15) is 35.5 Å². The van der Waals surface area contributed by atoms with Gasteiger partial charge in [-0.15, -0.1) is 0 Å². The molecule has 0 aromatic carbocycles. The molecule has 2 aromatic heterocycles. The highest BCUT2D eigenvalue weighted by Crippen LogP contribution is 2.23. The molecule has 1 unspecified atom stereocenters. The van der Waals surface area contributed by atoms with Crippen LogP contribution in [-0.4, -0.2) is 9.97 Å². The van der Waals surface area contributed by atoms with Gasteiger partial charge < -0.3 is 5.32 Å². The Morgan fingerprint density at radius 1 is 1.37 bits per heavy atom. The molecule has 1 N–H and O–H groups in total. The topological polar surface area (TPSA) is 61.6 Å². The second-order valence-electron chi connectivity index (χ2n) is 4.54. The second kappa shape index (κ2) is 5.49. The third-order valence-electron chi connectivity index (χ3n) is 3.00. The van der Waals surface area contributed by atoms with Gasteiger partial charge in [0.2, 0.25) is 0 Å². The number of nitrogens with zero attached hydrogens (tertiary/aromatic N) is 3. The molecule has 2 aromatic rings. The summed E-state index contributed by atoms with van der Waals surface area (Å²) in [5, 5.41) is 12.6. The highest BCUT2D eigenvalue weighted by Gasteiger charge is 2.11. The van der Waals surface area contributed by atoms with Crippen molar-refractivity contribution in [1.29, 1.82) is 5.26 Å². The summed E-state index contributed by atoms with van der Waals surface area (Å²) in [4.78, 5) is 8.42. The maximum atomic E-state index is 9.23. The predicted molar refractivity (Wildman–Crippen MR) is 74.7 cm³/mol. The SMILES string of the molecule is Cc1cc(NC(C)c2cccnc2)c(C#N)c(C)n1. The molecule has 4 heteroatoms. The Balaban J connectivity index is 2.32. The van der Waals surface area contributed by atoms with E-state index in [9.17, 15) is 5.26 Å². The van der Waals surface area contributed by atoms with Gasteiger partial charge in [-0.2, -0.15) is 5.26 Å². The number of aromatic nitrogens is 2. The smallest absolute Gasteiger partial charge is 0.103 e. The molecule has 0 radical (unpaired) electrons. The number of nitriles is 1. The van der Waals surface area contributed by atoms with Crippen LogP contribution in [0.25, 0.3) is 0 Å². The molecule has 19 heavy (non-hydrogen) atoms. The van der Waals surface area contributed by atoms with Gasteiger partial charge in [0.25, 0.3) is 0 Å². The number of anilines is 1. The van der Waals surface area contributed by atoms with Crippen molar-refractivity contribution in [3.63, 3.8) is 0 Å². The largest absolute Gasteiger partial charge is 0.377 e. The minimum Gasteiger partial charge on any atom is -0.377 e. The molecule has 0 aliphatic heterocycles. The lowest BCUT2D eigenvalue weighted by Crippen LogP contribution is -2.09. The van der Waals surface area contributed by atoms with E-state index in [4.69, 9.17) is 0 Å². The van der Waals surface area contributed by atoms with Gasteiger partial charge in [-0.1, -0.05) is 6.07 Å². The van der Waals surface area contributed by atoms with E-state index < -0.39 is 0 Å². The molecule has 0 spiro atoms. The van der Waals surface area contributed by atoms with E-state index in [0.717, 1.165) is 22.6 Å². The van der Waals surface area contributed by atoms with Crippen molar-refractivity contribution in [3.8, 4) is 6.07 Å². The molecule has 0 bridgehead atoms. The lowest BCUT2D eigenvalue weighted by Gasteiger charge is -2.17. The van der Waals surface area contributed by atoms with Gasteiger partial charge in [-0.3, -0.25) is 9.97 Å². The molecule has 0 aliphatic rings. The first-order valence-electron chi connectivity index (χ1n) is 6.16. The zero-order valence-corrected chi connectivity index (χ0v) is 11.3. The van der Waals surface area contributed by atoms with Crippen LogP contribution in [0.3, 0.4) is 0 Å². The van der Waals surface area contributed by atoms with Crippen LogP contribution < -0.4 is 5.32 Å². The number of hydrogen-bond acceptors (Lipinski definition) is 4. The van der Waals surface area contributed by atoms with Crippen LogP contribution in [0.15, 0.2) is 30.6 Å². The molecule has 1 atom stereocenters. The zero-order valence-electron chi connectivity index (χ0n) is 11.3. The summed E-state index contributed by atoms with van der Waals surface area (Å²) >= 11 is 0. The summed E-state index contributed by atoms with van der Waals surface area (Å²) < 4.78 is 0. The first-order chi connectivity index (χ1) is 9.11. The Hall–Kier alpha value is -2.41. The van der Waals surface area contributed by atoms with Gasteiger partial charge in [0, 0.05) is 18.1 Å². The van der Waals surface area contributed by atoms with E-state index in [2.05, 4.69) is 21.4 Å². The van der Waals surface area contributed by atoms with Gasteiger partial charge in [0.15, 0.2) is 0 Å². The Morgan fingerprint density at radius 2 is 2.16 bits per heavy atom. The van der Waals surface area contributed by atoms with Crippen molar-refractivity contribution in [1.82, 2.24) is 9.97 Å².